The summed E-state index contributed by atoms with van der Waals surface area (Å²) in [6.45, 7) is 0. The molecule has 0 saturated carbocycles. The number of nitrogens with two attached hydrogens (primary N) is 1. The second-order valence-electron chi connectivity index (χ2n) is 7.75. The van der Waals surface area contributed by atoms with Crippen molar-refractivity contribution in [2.24, 2.45) is 0 Å². The monoisotopic (exact) mass is 491 g/mol. The van der Waals surface area contributed by atoms with E-state index in [1.54, 1.807) is 42.7 Å². The van der Waals surface area contributed by atoms with Crippen molar-refractivity contribution in [1.29, 1.82) is 0 Å². The largest absolute Gasteiger partial charge is 0.493 e. The maximum Gasteiger partial charge on any atom is 0.203 e. The molecule has 0 aliphatic rings. The highest BCUT2D eigenvalue weighted by Crippen LogP contribution is 2.44. The fourth-order valence-corrected chi connectivity index (χ4v) is 4.00. The number of hydrogen-bond donors (Lipinski definition) is 1. The normalized spacial score (nSPS) is 10.6. The van der Waals surface area contributed by atoms with Gasteiger partial charge in [0, 0.05) is 16.8 Å². The van der Waals surface area contributed by atoms with E-state index in [-0.39, 0.29) is 0 Å². The summed E-state index contributed by atoms with van der Waals surface area (Å²) < 4.78 is 35.1. The van der Waals surface area contributed by atoms with E-state index in [0.717, 1.165) is 22.5 Å². The fourth-order valence-electron chi connectivity index (χ4n) is 4.00. The van der Waals surface area contributed by atoms with Crippen LogP contribution >= 0.6 is 0 Å². The van der Waals surface area contributed by atoms with E-state index in [1.165, 1.54) is 0 Å². The van der Waals surface area contributed by atoms with Crippen molar-refractivity contribution in [1.82, 2.24) is 9.78 Å². The standard InChI is InChI=1S/C27H29N3O6/c1-31-22-11-16(12-23(32-2)26(22)35-5)20-15-21(30(29-20)19-9-7-18(28)8-10-19)17-13-24(33-3)27(36-6)25(14-17)34-4/h7-15H,28H2,1-6H3. The average molecular weight is 492 g/mol. The second-order valence-corrected chi connectivity index (χ2v) is 7.75. The molecule has 0 fully saturated rings. The number of nitrogens with zero attached hydrogens (tertiary/aromatic N) is 2. The number of ether oxygens (including phenoxy) is 6. The van der Waals surface area contributed by atoms with E-state index in [0.29, 0.717) is 45.9 Å². The van der Waals surface area contributed by atoms with Crippen LogP contribution in [0.1, 0.15) is 0 Å². The third-order valence-electron chi connectivity index (χ3n) is 5.77. The Hall–Kier alpha value is -4.53. The van der Waals surface area contributed by atoms with Crippen LogP contribution in [0.2, 0.25) is 0 Å². The lowest BCUT2D eigenvalue weighted by Crippen LogP contribution is -2.01. The van der Waals surface area contributed by atoms with Gasteiger partial charge in [0.2, 0.25) is 11.5 Å². The number of hydrogen-bond acceptors (Lipinski definition) is 8. The average Bonchev–Trinajstić information content (AvgIpc) is 3.37. The Morgan fingerprint density at radius 3 is 1.44 bits per heavy atom. The molecule has 9 heteroatoms. The minimum atomic E-state index is 0.506. The molecule has 1 aromatic heterocycles. The molecule has 4 rings (SSSR count). The molecule has 9 nitrogen and oxygen atoms in total. The zero-order valence-electron chi connectivity index (χ0n) is 21.1. The number of methoxy groups -OCH3 is 6. The van der Waals surface area contributed by atoms with Gasteiger partial charge in [0.15, 0.2) is 23.0 Å². The highest BCUT2D eigenvalue weighted by molar-refractivity contribution is 5.76. The third kappa shape index (κ3) is 4.43. The van der Waals surface area contributed by atoms with Crippen molar-refractivity contribution in [3.8, 4) is 62.7 Å². The van der Waals surface area contributed by atoms with Crippen LogP contribution in [0.4, 0.5) is 5.69 Å². The minimum Gasteiger partial charge on any atom is -0.493 e. The van der Waals surface area contributed by atoms with Crippen molar-refractivity contribution in [2.75, 3.05) is 48.4 Å². The van der Waals surface area contributed by atoms with Gasteiger partial charge in [0.1, 0.15) is 0 Å². The number of nitrogen functional groups attached to an aromatic ring is 1. The van der Waals surface area contributed by atoms with Gasteiger partial charge in [-0.3, -0.25) is 0 Å². The first-order valence-electron chi connectivity index (χ1n) is 11.0. The predicted molar refractivity (Wildman–Crippen MR) is 138 cm³/mol. The van der Waals surface area contributed by atoms with Gasteiger partial charge >= 0.3 is 0 Å². The SMILES string of the molecule is COc1cc(-c2cc(-c3cc(OC)c(OC)c(OC)c3)n(-c3ccc(N)cc3)n2)cc(OC)c1OC. The summed E-state index contributed by atoms with van der Waals surface area (Å²) in [7, 11) is 9.46. The predicted octanol–water partition coefficient (Wildman–Crippen LogP) is 4.84. The molecule has 0 saturated heterocycles. The molecule has 0 radical (unpaired) electrons. The molecule has 188 valence electrons. The van der Waals surface area contributed by atoms with Gasteiger partial charge in [0.05, 0.1) is 59.7 Å². The molecule has 4 aromatic rings. The van der Waals surface area contributed by atoms with Gasteiger partial charge in [0.25, 0.3) is 0 Å². The third-order valence-corrected chi connectivity index (χ3v) is 5.77. The molecule has 0 atom stereocenters. The summed E-state index contributed by atoms with van der Waals surface area (Å²) >= 11 is 0. The number of rotatable bonds is 9. The molecular weight excluding hydrogens is 462 g/mol. The molecular formula is C27H29N3O6. The van der Waals surface area contributed by atoms with E-state index >= 15 is 0 Å². The Balaban J connectivity index is 1.97. The number of benzene rings is 3. The van der Waals surface area contributed by atoms with Gasteiger partial charge in [-0.05, 0) is 54.6 Å². The van der Waals surface area contributed by atoms with Gasteiger partial charge in [-0.25, -0.2) is 4.68 Å². The van der Waals surface area contributed by atoms with Crippen LogP contribution in [0.25, 0.3) is 28.2 Å². The van der Waals surface area contributed by atoms with Crippen LogP contribution in [0.15, 0.2) is 54.6 Å². The highest BCUT2D eigenvalue weighted by atomic mass is 16.5. The Kier molecular flexibility index (Phi) is 7.10. The lowest BCUT2D eigenvalue weighted by molar-refractivity contribution is 0.324. The molecule has 0 amide bonds. The molecule has 3 aromatic carbocycles. The quantitative estimate of drug-likeness (QED) is 0.332. The molecule has 36 heavy (non-hydrogen) atoms. The van der Waals surface area contributed by atoms with Gasteiger partial charge in [-0.1, -0.05) is 0 Å². The maximum absolute atomic E-state index is 5.93. The zero-order valence-corrected chi connectivity index (χ0v) is 21.1. The molecule has 0 aliphatic heterocycles. The number of anilines is 1. The first-order valence-corrected chi connectivity index (χ1v) is 11.0. The minimum absolute atomic E-state index is 0.506. The lowest BCUT2D eigenvalue weighted by atomic mass is 10.1. The summed E-state index contributed by atoms with van der Waals surface area (Å²) in [5.74, 6) is 3.14. The molecule has 0 bridgehead atoms. The topological polar surface area (TPSA) is 99.2 Å². The highest BCUT2D eigenvalue weighted by Gasteiger charge is 2.21. The van der Waals surface area contributed by atoms with Crippen molar-refractivity contribution < 1.29 is 28.4 Å². The first kappa shape index (κ1) is 24.6. The van der Waals surface area contributed by atoms with Gasteiger partial charge in [-0.2, -0.15) is 5.10 Å². The Morgan fingerprint density at radius 1 is 0.583 bits per heavy atom. The zero-order chi connectivity index (χ0) is 25.8. The van der Waals surface area contributed by atoms with Crippen LogP contribution in [0, 0.1) is 0 Å². The van der Waals surface area contributed by atoms with E-state index in [1.807, 2.05) is 59.3 Å². The van der Waals surface area contributed by atoms with Crippen LogP contribution < -0.4 is 34.2 Å². The smallest absolute Gasteiger partial charge is 0.203 e. The Labute approximate surface area is 209 Å². The molecule has 0 spiro atoms. The summed E-state index contributed by atoms with van der Waals surface area (Å²) in [4.78, 5) is 0. The van der Waals surface area contributed by atoms with E-state index < -0.39 is 0 Å². The maximum atomic E-state index is 5.93. The molecule has 1 heterocycles. The summed E-state index contributed by atoms with van der Waals surface area (Å²) in [6, 6.07) is 16.9. The second kappa shape index (κ2) is 10.4. The van der Waals surface area contributed by atoms with Crippen molar-refractivity contribution in [3.63, 3.8) is 0 Å². The fraction of sp³-hybridized carbons (Fsp3) is 0.222. The van der Waals surface area contributed by atoms with E-state index in [4.69, 9.17) is 39.3 Å². The van der Waals surface area contributed by atoms with Crippen LogP contribution in [-0.2, 0) is 0 Å². The number of aromatic nitrogens is 2. The summed E-state index contributed by atoms with van der Waals surface area (Å²) in [6.07, 6.45) is 0. The van der Waals surface area contributed by atoms with Gasteiger partial charge < -0.3 is 34.2 Å². The molecule has 0 unspecified atom stereocenters. The Morgan fingerprint density at radius 2 is 1.03 bits per heavy atom. The van der Waals surface area contributed by atoms with E-state index in [2.05, 4.69) is 0 Å². The Bertz CT molecular complexity index is 1310. The first-order chi connectivity index (χ1) is 17.5. The van der Waals surface area contributed by atoms with Gasteiger partial charge in [-0.15, -0.1) is 0 Å². The summed E-state index contributed by atoms with van der Waals surface area (Å²) in [5, 5.41) is 4.93. The van der Waals surface area contributed by atoms with Crippen LogP contribution in [0.3, 0.4) is 0 Å². The van der Waals surface area contributed by atoms with E-state index in [9.17, 15) is 0 Å². The van der Waals surface area contributed by atoms with Crippen molar-refractivity contribution in [2.45, 2.75) is 0 Å². The molecule has 2 N–H and O–H groups in total. The van der Waals surface area contributed by atoms with Crippen molar-refractivity contribution >= 4 is 5.69 Å². The van der Waals surface area contributed by atoms with Crippen LogP contribution in [-0.4, -0.2) is 52.4 Å². The molecule has 0 aliphatic carbocycles. The van der Waals surface area contributed by atoms with Crippen molar-refractivity contribution in [3.05, 3.63) is 54.6 Å². The summed E-state index contributed by atoms with van der Waals surface area (Å²) in [5.41, 5.74) is 10.5. The van der Waals surface area contributed by atoms with Crippen LogP contribution in [0.5, 0.6) is 34.5 Å². The lowest BCUT2D eigenvalue weighted by Gasteiger charge is -2.15.